The Hall–Kier alpha value is -4.33. The van der Waals surface area contributed by atoms with Gasteiger partial charge in [-0.25, -0.2) is 0 Å². The van der Waals surface area contributed by atoms with Crippen molar-refractivity contribution in [1.82, 2.24) is 5.32 Å². The van der Waals surface area contributed by atoms with Gasteiger partial charge in [0.15, 0.2) is 18.9 Å². The highest BCUT2D eigenvalue weighted by molar-refractivity contribution is 5.76. The Morgan fingerprint density at radius 1 is 0.407 bits per heavy atom. The minimum absolute atomic E-state index is 0.215. The number of hydrogen-bond acceptors (Lipinski definition) is 18. The van der Waals surface area contributed by atoms with Crippen LogP contribution in [-0.4, -0.2) is 193 Å². The summed E-state index contributed by atoms with van der Waals surface area (Å²) in [5, 5.41) is 120. The molecule has 19 nitrogen and oxygen atoms in total. The summed E-state index contributed by atoms with van der Waals surface area (Å²) in [7, 11) is 0. The number of unbranched alkanes of at least 4 members (excludes halogenated alkanes) is 10. The third kappa shape index (κ3) is 34.1. The van der Waals surface area contributed by atoms with E-state index in [1.54, 1.807) is 12.2 Å². The Labute approximate surface area is 542 Å². The Morgan fingerprint density at radius 2 is 0.769 bits per heavy atom. The van der Waals surface area contributed by atoms with Gasteiger partial charge in [-0.2, -0.15) is 0 Å². The third-order valence-corrected chi connectivity index (χ3v) is 15.6. The number of aliphatic hydroxyl groups is 11. The van der Waals surface area contributed by atoms with Crippen molar-refractivity contribution in [2.24, 2.45) is 0 Å². The molecule has 3 fully saturated rings. The quantitative estimate of drug-likeness (QED) is 0.0201. The lowest BCUT2D eigenvalue weighted by molar-refractivity contribution is -0.379. The third-order valence-electron chi connectivity index (χ3n) is 15.6. The van der Waals surface area contributed by atoms with E-state index in [0.717, 1.165) is 128 Å². The predicted molar refractivity (Wildman–Crippen MR) is 355 cm³/mol. The number of carbonyl (C=O) groups excluding carboxylic acids is 1. The highest BCUT2D eigenvalue weighted by Gasteiger charge is 2.53. The first-order valence-electron chi connectivity index (χ1n) is 33.6. The van der Waals surface area contributed by atoms with Gasteiger partial charge in [0, 0.05) is 6.42 Å². The Kier molecular flexibility index (Phi) is 46.2. The standard InChI is InChI=1S/C72H115NO18/c1-3-5-7-9-11-12-13-14-15-16-17-18-19-20-21-22-23-24-25-26-27-28-29-30-31-32-33-34-35-36-37-38-39-40-41-42-44-46-48-50-60(78)73-55(56(77)49-47-45-43-10-8-6-4-2)54-86-70-66(84)63(81)68(58(52-75)88-70)91-72-67(85)64(82)69(59(53-76)89-72)90-71-65(83)62(80)61(79)57(51-74)87-71/h5,7-8,10-12,14-15,17-18,20-21,23-24,26-27,29-30,32-33,35-36,47,49,55-59,61-72,74-77,79-85H,3-4,6,9,13,16,19,22,25,28,31,34,37-46,48,50-54H2,1-2H3,(H,73,78)/b7-5-,10-8+,12-11-,15-14-,18-17-,21-20-,24-23-,27-26-,30-29-,33-32-,36-35-,49-47+. The zero-order valence-corrected chi connectivity index (χ0v) is 54.2. The molecule has 0 bridgehead atoms. The Morgan fingerprint density at radius 3 is 1.22 bits per heavy atom. The number of amides is 1. The highest BCUT2D eigenvalue weighted by Crippen LogP contribution is 2.33. The van der Waals surface area contributed by atoms with E-state index in [0.29, 0.717) is 12.8 Å². The number of rotatable bonds is 48. The molecule has 17 unspecified atom stereocenters. The van der Waals surface area contributed by atoms with Gasteiger partial charge in [-0.15, -0.1) is 0 Å². The lowest BCUT2D eigenvalue weighted by Crippen LogP contribution is -2.66. The van der Waals surface area contributed by atoms with Gasteiger partial charge in [0.25, 0.3) is 0 Å². The molecule has 0 radical (unpaired) electrons. The van der Waals surface area contributed by atoms with Gasteiger partial charge >= 0.3 is 0 Å². The first-order chi connectivity index (χ1) is 44.3. The van der Waals surface area contributed by atoms with Gasteiger partial charge in [-0.1, -0.05) is 205 Å². The van der Waals surface area contributed by atoms with Gasteiger partial charge in [0.05, 0.1) is 38.6 Å². The topological polar surface area (TPSA) is 307 Å². The van der Waals surface area contributed by atoms with Crippen molar-refractivity contribution in [3.05, 3.63) is 146 Å². The SMILES string of the molecule is CC/C=C\C/C=C\C/C=C\C/C=C\C/C=C\C/C=C\C/C=C\C/C=C\C/C=C\C/C=C\CCCCCCCCCCC(=O)NC(COC1OC(CO)C(OC2OC(CO)C(OC3OC(CO)C(O)C(O)C3O)C(O)C2O)C(O)C1O)C(O)/C=C/CC/C=C/CCC. The monoisotopic (exact) mass is 1280 g/mol. The van der Waals surface area contributed by atoms with Gasteiger partial charge in [0.2, 0.25) is 5.91 Å². The summed E-state index contributed by atoms with van der Waals surface area (Å²) in [6.07, 6.45) is 47.5. The van der Waals surface area contributed by atoms with Crippen LogP contribution in [0.2, 0.25) is 0 Å². The van der Waals surface area contributed by atoms with Crippen LogP contribution in [0.5, 0.6) is 0 Å². The van der Waals surface area contributed by atoms with Gasteiger partial charge < -0.3 is 89.9 Å². The Bertz CT molecular complexity index is 2220. The number of allylic oxidation sites excluding steroid dienone is 23. The zero-order valence-electron chi connectivity index (χ0n) is 54.2. The molecule has 0 saturated carbocycles. The summed E-state index contributed by atoms with van der Waals surface area (Å²) in [6, 6.07) is -1.00. The van der Waals surface area contributed by atoms with Gasteiger partial charge in [-0.05, 0) is 103 Å². The Balaban J connectivity index is 1.30. The summed E-state index contributed by atoms with van der Waals surface area (Å²) >= 11 is 0. The largest absolute Gasteiger partial charge is 0.394 e. The van der Waals surface area contributed by atoms with E-state index in [1.165, 1.54) is 6.42 Å². The first kappa shape index (κ1) is 80.9. The van der Waals surface area contributed by atoms with Crippen LogP contribution in [0, 0.1) is 0 Å². The fraction of sp³-hybridized carbons (Fsp3) is 0.653. The second-order valence-corrected chi connectivity index (χ2v) is 23.2. The van der Waals surface area contributed by atoms with E-state index in [2.05, 4.69) is 153 Å². The van der Waals surface area contributed by atoms with Gasteiger partial charge in [0.1, 0.15) is 73.2 Å². The van der Waals surface area contributed by atoms with Crippen LogP contribution in [0.1, 0.15) is 168 Å². The molecule has 0 aromatic carbocycles. The van der Waals surface area contributed by atoms with Crippen LogP contribution in [0.15, 0.2) is 146 Å². The molecule has 0 aliphatic carbocycles. The summed E-state index contributed by atoms with van der Waals surface area (Å²) < 4.78 is 34.1. The van der Waals surface area contributed by atoms with Crippen molar-refractivity contribution in [3.63, 3.8) is 0 Å². The maximum atomic E-state index is 13.3. The minimum atomic E-state index is -1.99. The zero-order chi connectivity index (χ0) is 66.1. The highest BCUT2D eigenvalue weighted by atomic mass is 16.8. The summed E-state index contributed by atoms with van der Waals surface area (Å²) in [6.45, 7) is 1.42. The van der Waals surface area contributed by atoms with E-state index < -0.39 is 124 Å². The van der Waals surface area contributed by atoms with Crippen LogP contribution >= 0.6 is 0 Å². The summed E-state index contributed by atoms with van der Waals surface area (Å²) in [4.78, 5) is 13.3. The lowest BCUT2D eigenvalue weighted by Gasteiger charge is -2.48. The average Bonchev–Trinajstić information content (AvgIpc) is 1.40. The number of hydrogen-bond donors (Lipinski definition) is 12. The van der Waals surface area contributed by atoms with E-state index in [-0.39, 0.29) is 18.9 Å². The number of carbonyl (C=O) groups is 1. The van der Waals surface area contributed by atoms with Crippen LogP contribution in [-0.2, 0) is 33.2 Å². The molecule has 0 aromatic heterocycles. The maximum absolute atomic E-state index is 13.3. The fourth-order valence-corrected chi connectivity index (χ4v) is 10.2. The van der Waals surface area contributed by atoms with Crippen molar-refractivity contribution in [2.45, 2.75) is 272 Å². The normalized spacial score (nSPS) is 28.8. The summed E-state index contributed by atoms with van der Waals surface area (Å²) in [5.41, 5.74) is 0. The molecule has 3 aliphatic rings. The molecular formula is C72H115NO18. The fourth-order valence-electron chi connectivity index (χ4n) is 10.2. The van der Waals surface area contributed by atoms with Crippen LogP contribution < -0.4 is 5.32 Å². The molecule has 12 N–H and O–H groups in total. The maximum Gasteiger partial charge on any atom is 0.220 e. The molecule has 91 heavy (non-hydrogen) atoms. The number of nitrogens with one attached hydrogen (secondary N) is 1. The molecule has 516 valence electrons. The molecule has 0 aromatic rings. The van der Waals surface area contributed by atoms with Crippen molar-refractivity contribution in [2.75, 3.05) is 26.4 Å². The predicted octanol–water partition coefficient (Wildman–Crippen LogP) is 8.37. The first-order valence-corrected chi connectivity index (χ1v) is 33.6. The molecule has 3 saturated heterocycles. The van der Waals surface area contributed by atoms with E-state index in [1.807, 2.05) is 0 Å². The summed E-state index contributed by atoms with van der Waals surface area (Å²) in [5.74, 6) is -0.307. The molecule has 3 aliphatic heterocycles. The van der Waals surface area contributed by atoms with Crippen LogP contribution in [0.4, 0.5) is 0 Å². The molecule has 19 heteroatoms. The van der Waals surface area contributed by atoms with Crippen molar-refractivity contribution >= 4 is 5.91 Å². The minimum Gasteiger partial charge on any atom is -0.394 e. The van der Waals surface area contributed by atoms with E-state index in [9.17, 15) is 61.0 Å². The van der Waals surface area contributed by atoms with E-state index >= 15 is 0 Å². The lowest BCUT2D eigenvalue weighted by atomic mass is 9.96. The van der Waals surface area contributed by atoms with Crippen molar-refractivity contribution in [1.29, 1.82) is 0 Å². The van der Waals surface area contributed by atoms with Gasteiger partial charge in [-0.3, -0.25) is 4.79 Å². The smallest absolute Gasteiger partial charge is 0.220 e. The van der Waals surface area contributed by atoms with Crippen LogP contribution in [0.25, 0.3) is 0 Å². The molecule has 3 rings (SSSR count). The molecule has 17 atom stereocenters. The molecule has 0 spiro atoms. The van der Waals surface area contributed by atoms with E-state index in [4.69, 9.17) is 28.4 Å². The average molecular weight is 1280 g/mol. The molecule has 3 heterocycles. The number of aliphatic hydroxyl groups excluding tert-OH is 11. The second-order valence-electron chi connectivity index (χ2n) is 23.2. The molecule has 1 amide bonds. The number of ether oxygens (including phenoxy) is 6. The molecular weight excluding hydrogens is 1170 g/mol. The van der Waals surface area contributed by atoms with Crippen molar-refractivity contribution in [3.8, 4) is 0 Å². The second kappa shape index (κ2) is 52.0. The van der Waals surface area contributed by atoms with Crippen molar-refractivity contribution < 1.29 is 89.4 Å². The van der Waals surface area contributed by atoms with Crippen LogP contribution in [0.3, 0.4) is 0 Å².